The van der Waals surface area contributed by atoms with Crippen LogP contribution in [0.15, 0.2) is 27.7 Å². The summed E-state index contributed by atoms with van der Waals surface area (Å²) in [5, 5.41) is 26.1. The normalized spacial score (nSPS) is 23.1. The molecule has 0 spiro atoms. The Kier molecular flexibility index (Phi) is 13.6. The highest BCUT2D eigenvalue weighted by atomic mass is 79.9. The molecule has 3 rings (SSSR count). The Labute approximate surface area is 277 Å². The first kappa shape index (κ1) is 37.5. The van der Waals surface area contributed by atoms with Gasteiger partial charge in [-0.3, -0.25) is 23.9 Å². The van der Waals surface area contributed by atoms with Crippen molar-refractivity contribution in [2.75, 3.05) is 13.1 Å². The van der Waals surface area contributed by atoms with Gasteiger partial charge in [-0.05, 0) is 84.0 Å². The highest BCUT2D eigenvalue weighted by Gasteiger charge is 2.51. The predicted octanol–water partition coefficient (Wildman–Crippen LogP) is 0.716. The topological polar surface area (TPSA) is 247 Å². The van der Waals surface area contributed by atoms with Gasteiger partial charge >= 0.3 is 10.4 Å². The fourth-order valence-corrected chi connectivity index (χ4v) is 7.03. The Morgan fingerprint density at radius 2 is 1.91 bits per heavy atom. The third-order valence-corrected chi connectivity index (χ3v) is 9.79. The third kappa shape index (κ3) is 10.5. The maximum atomic E-state index is 14.4. The molecule has 9 N–H and O–H groups in total. The molecule has 1 saturated heterocycles. The molecule has 0 bridgehead atoms. The maximum Gasteiger partial charge on any atom is 0.397 e. The van der Waals surface area contributed by atoms with Crippen LogP contribution in [0.1, 0.15) is 64.4 Å². The quantitative estimate of drug-likeness (QED) is 0.0573. The Morgan fingerprint density at radius 1 is 1.20 bits per heavy atom. The molecular weight excluding hydrogens is 688 g/mol. The number of unbranched alkanes of at least 4 members (excludes halogenated alkanes) is 1. The van der Waals surface area contributed by atoms with Gasteiger partial charge in [-0.25, -0.2) is 4.18 Å². The highest BCUT2D eigenvalue weighted by Crippen LogP contribution is 2.42. The average Bonchev–Trinajstić information content (AvgIpc) is 3.36. The summed E-state index contributed by atoms with van der Waals surface area (Å²) in [6.45, 7) is 4.33. The minimum absolute atomic E-state index is 0.00511. The predicted molar refractivity (Wildman–Crippen MR) is 173 cm³/mol. The van der Waals surface area contributed by atoms with E-state index in [1.807, 2.05) is 6.92 Å². The number of aliphatic imine (C=N–C) groups is 1. The van der Waals surface area contributed by atoms with E-state index in [0.29, 0.717) is 61.7 Å². The molecule has 1 saturated carbocycles. The smallest absolute Gasteiger partial charge is 0.397 e. The fraction of sp³-hybridized carbons (Fsp3) is 0.655. The number of phenolic OH excluding ortho intramolecular Hbond substituents is 1. The number of nitrogens with zero attached hydrogens (tertiary/aromatic N) is 2. The second kappa shape index (κ2) is 16.7. The number of nitrogens with two attached hydrogens (primary N) is 2. The summed E-state index contributed by atoms with van der Waals surface area (Å²) < 4.78 is 37.5. The number of amides is 3. The largest absolute Gasteiger partial charge is 0.507 e. The van der Waals surface area contributed by atoms with Crippen LogP contribution in [0.25, 0.3) is 0 Å². The molecule has 0 aromatic heterocycles. The van der Waals surface area contributed by atoms with Gasteiger partial charge in [0.25, 0.3) is 0 Å². The Morgan fingerprint density at radius 3 is 2.54 bits per heavy atom. The van der Waals surface area contributed by atoms with Gasteiger partial charge in [0.1, 0.15) is 23.9 Å². The monoisotopic (exact) mass is 732 g/mol. The van der Waals surface area contributed by atoms with Crippen LogP contribution in [0.5, 0.6) is 5.75 Å². The summed E-state index contributed by atoms with van der Waals surface area (Å²) in [6, 6.07) is 1.98. The number of rotatable bonds is 15. The molecule has 258 valence electrons. The molecular formula is C29H45BrN6O9S. The number of halogens is 1. The number of likely N-dealkylation sites (tertiary alicyclic amines) is 1. The molecule has 1 aliphatic heterocycles. The zero-order valence-electron chi connectivity index (χ0n) is 26.0. The molecule has 1 aromatic rings. The Hall–Kier alpha value is -2.99. The van der Waals surface area contributed by atoms with Crippen LogP contribution in [-0.4, -0.2) is 95.2 Å². The van der Waals surface area contributed by atoms with Crippen LogP contribution >= 0.6 is 15.9 Å². The van der Waals surface area contributed by atoms with Gasteiger partial charge in [-0.2, -0.15) is 8.42 Å². The summed E-state index contributed by atoms with van der Waals surface area (Å²) in [5.74, 6) is -2.25. The standard InChI is InChI=1S/C29H45BrN6O9S/c1-3-16(2)25(35-27(40)24(38)13-17-6-9-23(37)20(30)12-17)28(41)36-21-15-19(45-46(42,43)44)8-7-18(21)14-22(36)26(39)33-10-4-5-11-34-29(31)32/h6,9,12,16,18-19,21-22,24-25,37-38H,3-5,7-8,10-11,13-15H2,1-2H3,(H,33,39)(H,35,40)(H4,31,32,34)(H,42,43,44). The number of benzene rings is 1. The van der Waals surface area contributed by atoms with Crippen molar-refractivity contribution in [1.29, 1.82) is 0 Å². The number of aliphatic hydroxyl groups is 1. The molecule has 46 heavy (non-hydrogen) atoms. The van der Waals surface area contributed by atoms with E-state index >= 15 is 0 Å². The molecule has 15 nitrogen and oxygen atoms in total. The minimum Gasteiger partial charge on any atom is -0.507 e. The van der Waals surface area contributed by atoms with E-state index in [1.54, 1.807) is 19.1 Å². The van der Waals surface area contributed by atoms with Crippen molar-refractivity contribution < 1.29 is 41.8 Å². The molecule has 1 heterocycles. The first-order valence-electron chi connectivity index (χ1n) is 15.4. The van der Waals surface area contributed by atoms with E-state index in [9.17, 15) is 37.6 Å². The van der Waals surface area contributed by atoms with Crippen LogP contribution in [0.2, 0.25) is 0 Å². The van der Waals surface area contributed by atoms with Crippen molar-refractivity contribution in [2.45, 2.75) is 95.5 Å². The van der Waals surface area contributed by atoms with Gasteiger partial charge in [0.2, 0.25) is 17.7 Å². The van der Waals surface area contributed by atoms with E-state index < -0.39 is 58.5 Å². The van der Waals surface area contributed by atoms with Gasteiger partial charge < -0.3 is 37.2 Å². The van der Waals surface area contributed by atoms with Crippen LogP contribution in [0, 0.1) is 11.8 Å². The summed E-state index contributed by atoms with van der Waals surface area (Å²) in [6.07, 6.45) is 0.370. The Balaban J connectivity index is 1.82. The third-order valence-electron chi connectivity index (χ3n) is 8.64. The number of hydrogen-bond acceptors (Lipinski definition) is 9. The molecule has 1 aliphatic carbocycles. The summed E-state index contributed by atoms with van der Waals surface area (Å²) in [7, 11) is -4.74. The molecule has 2 aliphatic rings. The number of aliphatic hydroxyl groups excluding tert-OH is 1. The van der Waals surface area contributed by atoms with E-state index in [4.69, 9.17) is 15.7 Å². The number of carbonyl (C=O) groups is 3. The number of aromatic hydroxyl groups is 1. The summed E-state index contributed by atoms with van der Waals surface area (Å²) in [5.41, 5.74) is 11.3. The van der Waals surface area contributed by atoms with Gasteiger partial charge in [-0.1, -0.05) is 26.3 Å². The van der Waals surface area contributed by atoms with Gasteiger partial charge in [0.15, 0.2) is 5.96 Å². The van der Waals surface area contributed by atoms with Crippen molar-refractivity contribution in [2.24, 2.45) is 28.3 Å². The van der Waals surface area contributed by atoms with Crippen molar-refractivity contribution in [3.8, 4) is 5.75 Å². The summed E-state index contributed by atoms with van der Waals surface area (Å²) >= 11 is 3.21. The molecule has 7 atom stereocenters. The number of carbonyl (C=O) groups excluding carboxylic acids is 3. The molecule has 7 unspecified atom stereocenters. The number of nitrogens with one attached hydrogen (secondary N) is 2. The number of fused-ring (bicyclic) bond motifs is 1. The van der Waals surface area contributed by atoms with Gasteiger partial charge in [-0.15, -0.1) is 0 Å². The Bertz CT molecular complexity index is 1380. The van der Waals surface area contributed by atoms with Gasteiger partial charge in [0, 0.05) is 25.6 Å². The fourth-order valence-electron chi connectivity index (χ4n) is 6.09. The van der Waals surface area contributed by atoms with Crippen molar-refractivity contribution in [3.63, 3.8) is 0 Å². The lowest BCUT2D eigenvalue weighted by Gasteiger charge is -2.39. The molecule has 17 heteroatoms. The highest BCUT2D eigenvalue weighted by molar-refractivity contribution is 9.10. The van der Waals surface area contributed by atoms with Gasteiger partial charge in [0.05, 0.1) is 10.6 Å². The zero-order valence-corrected chi connectivity index (χ0v) is 28.4. The lowest BCUT2D eigenvalue weighted by Crippen LogP contribution is -2.59. The van der Waals surface area contributed by atoms with Crippen molar-refractivity contribution in [3.05, 3.63) is 28.2 Å². The molecule has 0 radical (unpaired) electrons. The molecule has 1 aromatic carbocycles. The lowest BCUT2D eigenvalue weighted by molar-refractivity contribution is -0.146. The van der Waals surface area contributed by atoms with E-state index in [1.165, 1.54) is 11.0 Å². The molecule has 2 fully saturated rings. The van der Waals surface area contributed by atoms with Crippen LogP contribution in [0.3, 0.4) is 0 Å². The zero-order chi connectivity index (χ0) is 34.2. The minimum atomic E-state index is -4.74. The molecule has 3 amide bonds. The first-order valence-corrected chi connectivity index (χ1v) is 17.5. The second-order valence-corrected chi connectivity index (χ2v) is 13.9. The van der Waals surface area contributed by atoms with E-state index in [2.05, 4.69) is 31.6 Å². The van der Waals surface area contributed by atoms with E-state index in [0.717, 1.165) is 0 Å². The van der Waals surface area contributed by atoms with Crippen LogP contribution in [-0.2, 0) is 35.4 Å². The lowest BCUT2D eigenvalue weighted by atomic mass is 9.83. The van der Waals surface area contributed by atoms with Crippen molar-refractivity contribution in [1.82, 2.24) is 15.5 Å². The maximum absolute atomic E-state index is 14.4. The number of guanidine groups is 1. The number of hydrogen-bond donors (Lipinski definition) is 7. The van der Waals surface area contributed by atoms with E-state index in [-0.39, 0.29) is 36.4 Å². The average molecular weight is 734 g/mol. The summed E-state index contributed by atoms with van der Waals surface area (Å²) in [4.78, 5) is 46.4. The van der Waals surface area contributed by atoms with Crippen molar-refractivity contribution >= 4 is 50.0 Å². The SMILES string of the molecule is CCC(C)C(NC(=O)C(O)Cc1ccc(O)c(Br)c1)C(=O)N1C(C(=O)NCCCCN=C(N)N)CC2CCC(OS(=O)(=O)O)CC21. The number of phenols is 1. The van der Waals surface area contributed by atoms with Crippen LogP contribution < -0.4 is 22.1 Å². The second-order valence-electron chi connectivity index (χ2n) is 12.0. The first-order chi connectivity index (χ1) is 21.6. The van der Waals surface area contributed by atoms with Crippen LogP contribution in [0.4, 0.5) is 0 Å².